The number of allylic oxidation sites excluding steroid dienone is 2. The quantitative estimate of drug-likeness (QED) is 0.792. The number of fused-ring (bicyclic) bond motifs is 2. The molecule has 2 bridgehead atoms. The number of carboxylic acids is 1. The number of benzene rings is 2. The summed E-state index contributed by atoms with van der Waals surface area (Å²) in [4.78, 5) is 12.2. The van der Waals surface area contributed by atoms with Crippen molar-refractivity contribution in [2.24, 2.45) is 11.8 Å². The summed E-state index contributed by atoms with van der Waals surface area (Å²) in [6, 6.07) is 18.1. The van der Waals surface area contributed by atoms with E-state index in [1.54, 1.807) is 0 Å². The van der Waals surface area contributed by atoms with Crippen molar-refractivity contribution in [1.82, 2.24) is 0 Å². The summed E-state index contributed by atoms with van der Waals surface area (Å²) in [5, 5.41) is 10.0. The summed E-state index contributed by atoms with van der Waals surface area (Å²) >= 11 is 3.63. The molecular weight excluding hydrogens is 352 g/mol. The fraction of sp³-hybridized carbons (Fsp3) is 0.250. The van der Waals surface area contributed by atoms with Crippen LogP contribution in [-0.2, 0) is 10.2 Å². The van der Waals surface area contributed by atoms with Gasteiger partial charge in [0.1, 0.15) is 0 Å². The molecule has 4 atom stereocenters. The lowest BCUT2D eigenvalue weighted by atomic mass is 9.68. The van der Waals surface area contributed by atoms with Crippen molar-refractivity contribution in [3.8, 4) is 0 Å². The van der Waals surface area contributed by atoms with Gasteiger partial charge in [-0.25, -0.2) is 0 Å². The number of carboxylic acid groups (broad SMARTS) is 1. The number of rotatable bonds is 3. The van der Waals surface area contributed by atoms with Crippen molar-refractivity contribution >= 4 is 21.9 Å². The molecule has 2 aliphatic carbocycles. The summed E-state index contributed by atoms with van der Waals surface area (Å²) in [6.45, 7) is 0. The average Bonchev–Trinajstić information content (AvgIpc) is 3.13. The van der Waals surface area contributed by atoms with Crippen molar-refractivity contribution in [2.45, 2.75) is 17.8 Å². The highest BCUT2D eigenvalue weighted by Gasteiger charge is 2.59. The van der Waals surface area contributed by atoms with Crippen LogP contribution in [0.15, 0.2) is 71.2 Å². The van der Waals surface area contributed by atoms with E-state index < -0.39 is 17.3 Å². The maximum absolute atomic E-state index is 12.2. The molecule has 4 rings (SSSR count). The highest BCUT2D eigenvalue weighted by atomic mass is 79.9. The predicted molar refractivity (Wildman–Crippen MR) is 93.4 cm³/mol. The van der Waals surface area contributed by atoms with Crippen molar-refractivity contribution < 1.29 is 9.90 Å². The average molecular weight is 369 g/mol. The normalized spacial score (nSPS) is 31.4. The Hall–Kier alpha value is -1.87. The van der Waals surface area contributed by atoms with E-state index >= 15 is 0 Å². The molecule has 2 aromatic carbocycles. The highest BCUT2D eigenvalue weighted by molar-refractivity contribution is 9.10. The standard InChI is InChI=1S/C20H17BrO2/c21-16-9-5-4-8-15(16)20-11-10-14(12-20)17(18(20)19(22)23)13-6-2-1-3-7-13/h1-11,14,17-18H,12H2,(H,22,23). The lowest BCUT2D eigenvalue weighted by molar-refractivity contribution is -0.143. The first-order chi connectivity index (χ1) is 11.1. The van der Waals surface area contributed by atoms with Gasteiger partial charge >= 0.3 is 5.97 Å². The minimum atomic E-state index is -0.707. The van der Waals surface area contributed by atoms with Crippen molar-refractivity contribution in [3.63, 3.8) is 0 Å². The topological polar surface area (TPSA) is 37.3 Å². The molecule has 0 saturated heterocycles. The lowest BCUT2D eigenvalue weighted by Crippen LogP contribution is -2.37. The Morgan fingerprint density at radius 3 is 2.48 bits per heavy atom. The number of hydrogen-bond donors (Lipinski definition) is 1. The molecule has 3 heteroatoms. The molecule has 0 aromatic heterocycles. The molecule has 2 aromatic rings. The molecule has 4 unspecified atom stereocenters. The van der Waals surface area contributed by atoms with Gasteiger partial charge in [0.15, 0.2) is 0 Å². The van der Waals surface area contributed by atoms with Crippen molar-refractivity contribution in [2.75, 3.05) is 0 Å². The summed E-state index contributed by atoms with van der Waals surface area (Å²) in [5.41, 5.74) is 1.80. The molecule has 23 heavy (non-hydrogen) atoms. The van der Waals surface area contributed by atoms with Crippen LogP contribution in [0.3, 0.4) is 0 Å². The Labute approximate surface area is 144 Å². The lowest BCUT2D eigenvalue weighted by Gasteiger charge is -2.35. The van der Waals surface area contributed by atoms with Crippen LogP contribution < -0.4 is 0 Å². The van der Waals surface area contributed by atoms with Gasteiger partial charge in [0.05, 0.1) is 5.92 Å². The first-order valence-corrected chi connectivity index (χ1v) is 8.65. The highest BCUT2D eigenvalue weighted by Crippen LogP contribution is 2.62. The Balaban J connectivity index is 1.88. The van der Waals surface area contributed by atoms with E-state index in [1.807, 2.05) is 36.4 Å². The zero-order chi connectivity index (χ0) is 16.0. The van der Waals surface area contributed by atoms with Crippen LogP contribution >= 0.6 is 15.9 Å². The van der Waals surface area contributed by atoms with E-state index in [-0.39, 0.29) is 11.8 Å². The molecular formula is C20H17BrO2. The third-order valence-corrected chi connectivity index (χ3v) is 6.11. The maximum Gasteiger partial charge on any atom is 0.308 e. The van der Waals surface area contributed by atoms with Gasteiger partial charge in [-0.15, -0.1) is 0 Å². The van der Waals surface area contributed by atoms with E-state index in [9.17, 15) is 9.90 Å². The van der Waals surface area contributed by atoms with Crippen LogP contribution in [0.25, 0.3) is 0 Å². The molecule has 1 fully saturated rings. The molecule has 116 valence electrons. The van der Waals surface area contributed by atoms with Gasteiger partial charge < -0.3 is 5.11 Å². The predicted octanol–water partition coefficient (Wildman–Crippen LogP) is 4.76. The Morgan fingerprint density at radius 1 is 1.09 bits per heavy atom. The smallest absolute Gasteiger partial charge is 0.308 e. The fourth-order valence-corrected chi connectivity index (χ4v) is 5.21. The van der Waals surface area contributed by atoms with Gasteiger partial charge in [0, 0.05) is 15.8 Å². The molecule has 2 aliphatic rings. The molecule has 1 saturated carbocycles. The zero-order valence-electron chi connectivity index (χ0n) is 12.5. The largest absolute Gasteiger partial charge is 0.481 e. The monoisotopic (exact) mass is 368 g/mol. The molecule has 0 spiro atoms. The van der Waals surface area contributed by atoms with Gasteiger partial charge in [0.25, 0.3) is 0 Å². The number of carbonyl (C=O) groups is 1. The second-order valence-electron chi connectivity index (χ2n) is 6.50. The van der Waals surface area contributed by atoms with Crippen LogP contribution in [0, 0.1) is 11.8 Å². The van der Waals surface area contributed by atoms with Gasteiger partial charge in [-0.3, -0.25) is 4.79 Å². The molecule has 0 heterocycles. The number of hydrogen-bond acceptors (Lipinski definition) is 1. The Bertz CT molecular complexity index is 783. The van der Waals surface area contributed by atoms with Crippen LogP contribution in [-0.4, -0.2) is 11.1 Å². The number of halogens is 1. The second-order valence-corrected chi connectivity index (χ2v) is 7.35. The first kappa shape index (κ1) is 14.7. The second kappa shape index (κ2) is 5.34. The maximum atomic E-state index is 12.2. The summed E-state index contributed by atoms with van der Waals surface area (Å²) in [7, 11) is 0. The van der Waals surface area contributed by atoms with Crippen molar-refractivity contribution in [1.29, 1.82) is 0 Å². The number of aliphatic carboxylic acids is 1. The third kappa shape index (κ3) is 2.10. The minimum absolute atomic E-state index is 0.0332. The van der Waals surface area contributed by atoms with E-state index in [0.29, 0.717) is 0 Å². The molecule has 0 radical (unpaired) electrons. The Kier molecular flexibility index (Phi) is 3.42. The summed E-state index contributed by atoms with van der Waals surface area (Å²) < 4.78 is 0.991. The van der Waals surface area contributed by atoms with Gasteiger partial charge in [0.2, 0.25) is 0 Å². The van der Waals surface area contributed by atoms with E-state index in [2.05, 4.69) is 46.3 Å². The van der Waals surface area contributed by atoms with Gasteiger partial charge in [-0.1, -0.05) is 76.6 Å². The zero-order valence-corrected chi connectivity index (χ0v) is 14.1. The van der Waals surface area contributed by atoms with Gasteiger partial charge in [-0.2, -0.15) is 0 Å². The fourth-order valence-electron chi connectivity index (χ4n) is 4.56. The summed E-state index contributed by atoms with van der Waals surface area (Å²) in [6.07, 6.45) is 5.22. The molecule has 1 N–H and O–H groups in total. The molecule has 0 aliphatic heterocycles. The Morgan fingerprint density at radius 2 is 1.78 bits per heavy atom. The van der Waals surface area contributed by atoms with Crippen LogP contribution in [0.4, 0.5) is 0 Å². The van der Waals surface area contributed by atoms with Crippen LogP contribution in [0.2, 0.25) is 0 Å². The summed E-state index contributed by atoms with van der Waals surface area (Å²) in [5.74, 6) is -0.823. The van der Waals surface area contributed by atoms with E-state index in [0.717, 1.165) is 22.0 Å². The minimum Gasteiger partial charge on any atom is -0.481 e. The molecule has 0 amide bonds. The van der Waals surface area contributed by atoms with Crippen LogP contribution in [0.1, 0.15) is 23.5 Å². The van der Waals surface area contributed by atoms with Gasteiger partial charge in [-0.05, 0) is 29.5 Å². The first-order valence-electron chi connectivity index (χ1n) is 7.85. The van der Waals surface area contributed by atoms with E-state index in [4.69, 9.17) is 0 Å². The van der Waals surface area contributed by atoms with E-state index in [1.165, 1.54) is 0 Å². The third-order valence-electron chi connectivity index (χ3n) is 5.42. The van der Waals surface area contributed by atoms with Crippen molar-refractivity contribution in [3.05, 3.63) is 82.3 Å². The SMILES string of the molecule is O=C(O)C1C(c2ccccc2)C2C=CC1(c1ccccc1Br)C2. The molecule has 2 nitrogen and oxygen atoms in total. The van der Waals surface area contributed by atoms with Crippen LogP contribution in [0.5, 0.6) is 0 Å².